The number of ether oxygens (including phenoxy) is 1. The summed E-state index contributed by atoms with van der Waals surface area (Å²) in [6.07, 6.45) is 2.10. The van der Waals surface area contributed by atoms with Gasteiger partial charge in [0, 0.05) is 26.1 Å². The van der Waals surface area contributed by atoms with Crippen molar-refractivity contribution < 1.29 is 18.7 Å². The average Bonchev–Trinajstić information content (AvgIpc) is 2.94. The van der Waals surface area contributed by atoms with E-state index in [4.69, 9.17) is 14.9 Å². The zero-order valence-corrected chi connectivity index (χ0v) is 13.1. The van der Waals surface area contributed by atoms with Gasteiger partial charge in [0.2, 0.25) is 5.91 Å². The normalized spacial score (nSPS) is 18.7. The second-order valence-corrected chi connectivity index (χ2v) is 5.52. The average molecular weight is 309 g/mol. The number of hydrogen-bond donors (Lipinski definition) is 1. The third-order valence-corrected chi connectivity index (χ3v) is 3.66. The highest BCUT2D eigenvalue weighted by Crippen LogP contribution is 2.16. The molecule has 0 bridgehead atoms. The number of carbonyl (C=O) groups excluding carboxylic acids is 2. The first-order valence-corrected chi connectivity index (χ1v) is 7.45. The molecule has 2 N–H and O–H groups in total. The van der Waals surface area contributed by atoms with Gasteiger partial charge in [-0.2, -0.15) is 0 Å². The molecule has 7 heteroatoms. The van der Waals surface area contributed by atoms with E-state index in [0.29, 0.717) is 44.0 Å². The summed E-state index contributed by atoms with van der Waals surface area (Å²) in [5.74, 6) is 0.299. The molecule has 0 radical (unpaired) electrons. The van der Waals surface area contributed by atoms with Gasteiger partial charge in [0.1, 0.15) is 5.76 Å². The van der Waals surface area contributed by atoms with E-state index in [2.05, 4.69) is 0 Å². The summed E-state index contributed by atoms with van der Waals surface area (Å²) in [5, 5.41) is 0. The summed E-state index contributed by atoms with van der Waals surface area (Å²) in [6.45, 7) is 4.23. The van der Waals surface area contributed by atoms with Crippen molar-refractivity contribution in [2.75, 3.05) is 39.8 Å². The lowest BCUT2D eigenvalue weighted by atomic mass is 10.1. The maximum atomic E-state index is 12.6. The van der Waals surface area contributed by atoms with Crippen LogP contribution in [0.3, 0.4) is 0 Å². The Balaban J connectivity index is 1.95. The molecule has 1 unspecified atom stereocenters. The fraction of sp³-hybridized carbons (Fsp3) is 0.600. The number of amides is 2. The number of aryl methyl sites for hydroxylation is 1. The van der Waals surface area contributed by atoms with E-state index in [1.807, 2.05) is 6.92 Å². The van der Waals surface area contributed by atoms with Gasteiger partial charge in [-0.15, -0.1) is 0 Å². The van der Waals surface area contributed by atoms with Crippen molar-refractivity contribution in [3.8, 4) is 0 Å². The molecule has 2 heterocycles. The number of primary amides is 1. The SMILES string of the molecule is CCc1occc1C(=O)N1CCOC(CN(C)CC(N)=O)C1. The van der Waals surface area contributed by atoms with Crippen LogP contribution in [0.15, 0.2) is 16.7 Å². The minimum Gasteiger partial charge on any atom is -0.469 e. The lowest BCUT2D eigenvalue weighted by molar-refractivity contribution is -0.119. The number of morpholine rings is 1. The number of hydrogen-bond acceptors (Lipinski definition) is 5. The van der Waals surface area contributed by atoms with Gasteiger partial charge in [-0.25, -0.2) is 0 Å². The van der Waals surface area contributed by atoms with Crippen LogP contribution >= 0.6 is 0 Å². The molecule has 1 saturated heterocycles. The molecule has 0 aliphatic carbocycles. The van der Waals surface area contributed by atoms with Crippen LogP contribution in [-0.4, -0.2) is 67.6 Å². The molecule has 0 spiro atoms. The number of rotatable bonds is 6. The second kappa shape index (κ2) is 7.42. The van der Waals surface area contributed by atoms with Gasteiger partial charge in [-0.3, -0.25) is 14.5 Å². The molecule has 1 aliphatic rings. The summed E-state index contributed by atoms with van der Waals surface area (Å²) >= 11 is 0. The Kier molecular flexibility index (Phi) is 5.57. The van der Waals surface area contributed by atoms with Gasteiger partial charge < -0.3 is 19.8 Å². The predicted molar refractivity (Wildman–Crippen MR) is 80.4 cm³/mol. The van der Waals surface area contributed by atoms with Gasteiger partial charge >= 0.3 is 0 Å². The highest BCUT2D eigenvalue weighted by atomic mass is 16.5. The van der Waals surface area contributed by atoms with Crippen molar-refractivity contribution >= 4 is 11.8 Å². The largest absolute Gasteiger partial charge is 0.469 e. The topological polar surface area (TPSA) is 89.0 Å². The van der Waals surface area contributed by atoms with Crippen LogP contribution in [0.25, 0.3) is 0 Å². The third kappa shape index (κ3) is 4.08. The summed E-state index contributed by atoms with van der Waals surface area (Å²) < 4.78 is 11.0. The Hall–Kier alpha value is -1.86. The summed E-state index contributed by atoms with van der Waals surface area (Å²) in [7, 11) is 1.81. The van der Waals surface area contributed by atoms with Crippen LogP contribution in [0.4, 0.5) is 0 Å². The molecule has 2 rings (SSSR count). The molecule has 0 saturated carbocycles. The van der Waals surface area contributed by atoms with E-state index in [0.717, 1.165) is 0 Å². The third-order valence-electron chi connectivity index (χ3n) is 3.66. The van der Waals surface area contributed by atoms with E-state index in [9.17, 15) is 9.59 Å². The second-order valence-electron chi connectivity index (χ2n) is 5.52. The Labute approximate surface area is 130 Å². The first-order chi connectivity index (χ1) is 10.5. The van der Waals surface area contributed by atoms with E-state index in [1.165, 1.54) is 0 Å². The van der Waals surface area contributed by atoms with Crippen LogP contribution in [0.5, 0.6) is 0 Å². The van der Waals surface area contributed by atoms with Crippen molar-refractivity contribution in [2.45, 2.75) is 19.4 Å². The van der Waals surface area contributed by atoms with Crippen LogP contribution in [-0.2, 0) is 16.0 Å². The van der Waals surface area contributed by atoms with Crippen molar-refractivity contribution in [2.24, 2.45) is 5.73 Å². The first-order valence-electron chi connectivity index (χ1n) is 7.45. The van der Waals surface area contributed by atoms with Crippen LogP contribution in [0.2, 0.25) is 0 Å². The van der Waals surface area contributed by atoms with E-state index < -0.39 is 0 Å². The minimum atomic E-state index is -0.378. The zero-order valence-electron chi connectivity index (χ0n) is 13.1. The fourth-order valence-corrected chi connectivity index (χ4v) is 2.67. The molecular formula is C15H23N3O4. The first kappa shape index (κ1) is 16.5. The van der Waals surface area contributed by atoms with Crippen LogP contribution in [0, 0.1) is 0 Å². The Bertz CT molecular complexity index is 529. The molecule has 1 fully saturated rings. The lowest BCUT2D eigenvalue weighted by Crippen LogP contribution is -2.50. The minimum absolute atomic E-state index is 0.0311. The van der Waals surface area contributed by atoms with E-state index in [-0.39, 0.29) is 24.5 Å². The Morgan fingerprint density at radius 3 is 2.95 bits per heavy atom. The Morgan fingerprint density at radius 2 is 2.27 bits per heavy atom. The molecule has 1 atom stereocenters. The zero-order chi connectivity index (χ0) is 16.1. The molecule has 1 aromatic rings. The monoisotopic (exact) mass is 309 g/mol. The standard InChI is InChI=1S/C15H23N3O4/c1-3-13-12(4-6-22-13)15(20)18-5-7-21-11(9-18)8-17(2)10-14(16)19/h4,6,11H,3,5,7-10H2,1-2H3,(H2,16,19). The van der Waals surface area contributed by atoms with Gasteiger partial charge in [-0.1, -0.05) is 6.92 Å². The number of likely N-dealkylation sites (N-methyl/N-ethyl adjacent to an activating group) is 1. The van der Waals surface area contributed by atoms with Gasteiger partial charge in [0.25, 0.3) is 5.91 Å². The molecular weight excluding hydrogens is 286 g/mol. The molecule has 1 aliphatic heterocycles. The van der Waals surface area contributed by atoms with E-state index >= 15 is 0 Å². The summed E-state index contributed by atoms with van der Waals surface area (Å²) in [4.78, 5) is 27.1. The van der Waals surface area contributed by atoms with Gasteiger partial charge in [-0.05, 0) is 13.1 Å². The smallest absolute Gasteiger partial charge is 0.257 e. The highest BCUT2D eigenvalue weighted by Gasteiger charge is 2.27. The molecule has 22 heavy (non-hydrogen) atoms. The van der Waals surface area contributed by atoms with Crippen molar-refractivity contribution in [1.29, 1.82) is 0 Å². The van der Waals surface area contributed by atoms with Crippen LogP contribution < -0.4 is 5.73 Å². The molecule has 122 valence electrons. The summed E-state index contributed by atoms with van der Waals surface area (Å²) in [6, 6.07) is 1.71. The predicted octanol–water partition coefficient (Wildman–Crippen LogP) is 0.100. The number of nitrogens with zero attached hydrogens (tertiary/aromatic N) is 2. The highest BCUT2D eigenvalue weighted by molar-refractivity contribution is 5.95. The lowest BCUT2D eigenvalue weighted by Gasteiger charge is -2.34. The van der Waals surface area contributed by atoms with E-state index in [1.54, 1.807) is 29.2 Å². The molecule has 2 amide bonds. The summed E-state index contributed by atoms with van der Waals surface area (Å²) in [5.41, 5.74) is 5.79. The van der Waals surface area contributed by atoms with Crippen LogP contribution in [0.1, 0.15) is 23.0 Å². The van der Waals surface area contributed by atoms with Gasteiger partial charge in [0.15, 0.2) is 0 Å². The quantitative estimate of drug-likeness (QED) is 0.805. The molecule has 7 nitrogen and oxygen atoms in total. The van der Waals surface area contributed by atoms with Gasteiger partial charge in [0.05, 0.1) is 31.1 Å². The molecule has 0 aromatic carbocycles. The maximum absolute atomic E-state index is 12.6. The van der Waals surface area contributed by atoms with Crippen molar-refractivity contribution in [3.05, 3.63) is 23.7 Å². The number of furan rings is 1. The van der Waals surface area contributed by atoms with Crippen molar-refractivity contribution in [1.82, 2.24) is 9.80 Å². The molecule has 1 aromatic heterocycles. The fourth-order valence-electron chi connectivity index (χ4n) is 2.67. The van der Waals surface area contributed by atoms with Crippen molar-refractivity contribution in [3.63, 3.8) is 0 Å². The number of carbonyl (C=O) groups is 2. The number of nitrogens with two attached hydrogens (primary N) is 1. The Morgan fingerprint density at radius 1 is 1.50 bits per heavy atom. The maximum Gasteiger partial charge on any atom is 0.257 e.